The highest BCUT2D eigenvalue weighted by Crippen LogP contribution is 2.37. The van der Waals surface area contributed by atoms with Crippen LogP contribution in [0.3, 0.4) is 0 Å². The maximum atomic E-state index is 12.9. The lowest BCUT2D eigenvalue weighted by Crippen LogP contribution is -2.25. The van der Waals surface area contributed by atoms with Gasteiger partial charge in [0.2, 0.25) is 0 Å². The first-order valence-electron chi connectivity index (χ1n) is 5.43. The van der Waals surface area contributed by atoms with E-state index < -0.39 is 6.43 Å². The second-order valence-electron chi connectivity index (χ2n) is 4.23. The van der Waals surface area contributed by atoms with E-state index >= 15 is 0 Å². The van der Waals surface area contributed by atoms with Gasteiger partial charge in [-0.1, -0.05) is 11.6 Å². The fourth-order valence-corrected chi connectivity index (χ4v) is 2.27. The molecule has 1 aliphatic rings. The smallest absolute Gasteiger partial charge is 0.240 e. The average molecular weight is 250 g/mol. The molecule has 0 aliphatic heterocycles. The summed E-state index contributed by atoms with van der Waals surface area (Å²) in [7, 11) is 0. The maximum Gasteiger partial charge on any atom is 0.281 e. The van der Waals surface area contributed by atoms with E-state index in [2.05, 4.69) is 10.3 Å². The first kappa shape index (κ1) is 11.8. The van der Waals surface area contributed by atoms with E-state index in [-0.39, 0.29) is 23.3 Å². The van der Waals surface area contributed by atoms with Gasteiger partial charge in [0.05, 0.1) is 11.9 Å². The quantitative estimate of drug-likeness (QED) is 0.767. The van der Waals surface area contributed by atoms with Crippen LogP contribution in [0.15, 0.2) is 0 Å². The van der Waals surface area contributed by atoms with Gasteiger partial charge in [-0.2, -0.15) is 0 Å². The molecule has 1 aliphatic carbocycles. The minimum Gasteiger partial charge on any atom is -0.240 e. The number of alkyl halides is 3. The van der Waals surface area contributed by atoms with Crippen molar-refractivity contribution >= 4 is 11.6 Å². The highest BCUT2D eigenvalue weighted by atomic mass is 35.5. The van der Waals surface area contributed by atoms with Crippen molar-refractivity contribution in [2.45, 2.75) is 44.5 Å². The lowest BCUT2D eigenvalue weighted by atomic mass is 9.80. The molecule has 6 heteroatoms. The number of hydrogen-bond acceptors (Lipinski definition) is 2. The molecule has 0 radical (unpaired) electrons. The molecule has 0 N–H and O–H groups in total. The number of aromatic nitrogens is 3. The van der Waals surface area contributed by atoms with Crippen LogP contribution >= 0.6 is 11.6 Å². The van der Waals surface area contributed by atoms with Crippen molar-refractivity contribution in [2.75, 3.05) is 0 Å². The lowest BCUT2D eigenvalue weighted by Gasteiger charge is -2.31. The third-order valence-corrected chi connectivity index (χ3v) is 3.61. The van der Waals surface area contributed by atoms with Crippen molar-refractivity contribution < 1.29 is 8.78 Å². The SMILES string of the molecule is CC(C1CCC1)n1nnc(CCl)c1C(F)F. The molecule has 16 heavy (non-hydrogen) atoms. The van der Waals surface area contributed by atoms with Gasteiger partial charge in [0.15, 0.2) is 0 Å². The Hall–Kier alpha value is -0.710. The van der Waals surface area contributed by atoms with Gasteiger partial charge in [0, 0.05) is 0 Å². The maximum absolute atomic E-state index is 12.9. The molecule has 0 bridgehead atoms. The molecule has 0 amide bonds. The number of hydrogen-bond donors (Lipinski definition) is 0. The molecule has 0 aromatic carbocycles. The van der Waals surface area contributed by atoms with E-state index in [4.69, 9.17) is 11.6 Å². The summed E-state index contributed by atoms with van der Waals surface area (Å²) in [6, 6.07) is -0.0118. The van der Waals surface area contributed by atoms with Gasteiger partial charge < -0.3 is 0 Å². The molecule has 0 spiro atoms. The minimum atomic E-state index is -2.56. The van der Waals surface area contributed by atoms with Crippen molar-refractivity contribution in [3.63, 3.8) is 0 Å². The zero-order valence-electron chi connectivity index (χ0n) is 9.04. The normalized spacial score (nSPS) is 18.8. The molecule has 3 nitrogen and oxygen atoms in total. The molecule has 1 aromatic rings. The van der Waals surface area contributed by atoms with Gasteiger partial charge in [0.25, 0.3) is 6.43 Å². The summed E-state index contributed by atoms with van der Waals surface area (Å²) in [6.45, 7) is 1.92. The minimum absolute atomic E-state index is 0.0118. The zero-order valence-corrected chi connectivity index (χ0v) is 9.79. The lowest BCUT2D eigenvalue weighted by molar-refractivity contribution is 0.124. The zero-order chi connectivity index (χ0) is 11.7. The monoisotopic (exact) mass is 249 g/mol. The first-order chi connectivity index (χ1) is 7.65. The van der Waals surface area contributed by atoms with Crippen LogP contribution in [0.2, 0.25) is 0 Å². The van der Waals surface area contributed by atoms with Crippen molar-refractivity contribution in [3.05, 3.63) is 11.4 Å². The molecular weight excluding hydrogens is 236 g/mol. The third kappa shape index (κ3) is 1.93. The average Bonchev–Trinajstić information content (AvgIpc) is 2.57. The van der Waals surface area contributed by atoms with E-state index in [0.717, 1.165) is 12.8 Å². The van der Waals surface area contributed by atoms with E-state index in [1.165, 1.54) is 11.1 Å². The van der Waals surface area contributed by atoms with Gasteiger partial charge in [-0.3, -0.25) is 0 Å². The fourth-order valence-electron chi connectivity index (χ4n) is 2.08. The van der Waals surface area contributed by atoms with Crippen molar-refractivity contribution in [1.29, 1.82) is 0 Å². The van der Waals surface area contributed by atoms with E-state index in [1.54, 1.807) is 0 Å². The molecule has 2 rings (SSSR count). The van der Waals surface area contributed by atoms with Crippen LogP contribution in [0.4, 0.5) is 8.78 Å². The van der Waals surface area contributed by atoms with Crippen molar-refractivity contribution in [3.8, 4) is 0 Å². The van der Waals surface area contributed by atoms with Crippen molar-refractivity contribution in [2.24, 2.45) is 5.92 Å². The Morgan fingerprint density at radius 2 is 2.19 bits per heavy atom. The topological polar surface area (TPSA) is 30.7 Å². The van der Waals surface area contributed by atoms with E-state index in [9.17, 15) is 8.78 Å². The second-order valence-corrected chi connectivity index (χ2v) is 4.50. The van der Waals surface area contributed by atoms with Crippen LogP contribution < -0.4 is 0 Å². The summed E-state index contributed by atoms with van der Waals surface area (Å²) < 4.78 is 27.1. The van der Waals surface area contributed by atoms with Gasteiger partial charge in [0.1, 0.15) is 11.4 Å². The van der Waals surface area contributed by atoms with Crippen LogP contribution in [0.5, 0.6) is 0 Å². The molecular formula is C10H14ClF2N3. The van der Waals surface area contributed by atoms with Crippen LogP contribution in [0, 0.1) is 5.92 Å². The Morgan fingerprint density at radius 3 is 2.62 bits per heavy atom. The van der Waals surface area contributed by atoms with Crippen LogP contribution in [0.25, 0.3) is 0 Å². The van der Waals surface area contributed by atoms with Crippen LogP contribution in [-0.4, -0.2) is 15.0 Å². The largest absolute Gasteiger partial charge is 0.281 e. The predicted molar refractivity (Wildman–Crippen MR) is 56.6 cm³/mol. The molecule has 1 saturated carbocycles. The third-order valence-electron chi connectivity index (χ3n) is 3.36. The Morgan fingerprint density at radius 1 is 1.50 bits per heavy atom. The van der Waals surface area contributed by atoms with Crippen LogP contribution in [-0.2, 0) is 5.88 Å². The number of nitrogens with zero attached hydrogens (tertiary/aromatic N) is 3. The summed E-state index contributed by atoms with van der Waals surface area (Å²) in [4.78, 5) is 0. The van der Waals surface area contributed by atoms with Gasteiger partial charge >= 0.3 is 0 Å². The number of halogens is 3. The molecule has 1 fully saturated rings. The van der Waals surface area contributed by atoms with E-state index in [0.29, 0.717) is 5.92 Å². The summed E-state index contributed by atoms with van der Waals surface area (Å²) in [5.74, 6) is 0.430. The van der Waals surface area contributed by atoms with Gasteiger partial charge in [-0.05, 0) is 25.7 Å². The second kappa shape index (κ2) is 4.65. The van der Waals surface area contributed by atoms with Gasteiger partial charge in [-0.25, -0.2) is 13.5 Å². The molecule has 1 unspecified atom stereocenters. The first-order valence-corrected chi connectivity index (χ1v) is 5.96. The molecule has 1 atom stereocenters. The number of rotatable bonds is 4. The Labute approximate surface area is 97.8 Å². The Bertz CT molecular complexity index is 363. The van der Waals surface area contributed by atoms with Gasteiger partial charge in [-0.15, -0.1) is 16.7 Å². The van der Waals surface area contributed by atoms with Crippen molar-refractivity contribution in [1.82, 2.24) is 15.0 Å². The predicted octanol–water partition coefficient (Wildman–Crippen LogP) is 3.32. The Kier molecular flexibility index (Phi) is 3.42. The molecule has 1 aromatic heterocycles. The summed E-state index contributed by atoms with van der Waals surface area (Å²) in [5, 5.41) is 7.53. The summed E-state index contributed by atoms with van der Waals surface area (Å²) in [6.07, 6.45) is 0.780. The van der Waals surface area contributed by atoms with E-state index in [1.807, 2.05) is 6.92 Å². The molecule has 90 valence electrons. The summed E-state index contributed by atoms with van der Waals surface area (Å²) in [5.41, 5.74) is 0.0808. The fraction of sp³-hybridized carbons (Fsp3) is 0.800. The molecule has 1 heterocycles. The highest BCUT2D eigenvalue weighted by molar-refractivity contribution is 6.16. The van der Waals surface area contributed by atoms with Crippen LogP contribution in [0.1, 0.15) is 50.0 Å². The molecule has 0 saturated heterocycles. The Balaban J connectivity index is 2.28. The standard InChI is InChI=1S/C10H14ClF2N3/c1-6(7-3-2-4-7)16-9(10(12)13)8(5-11)14-15-16/h6-7,10H,2-5H2,1H3. The summed E-state index contributed by atoms with van der Waals surface area (Å²) >= 11 is 5.57. The highest BCUT2D eigenvalue weighted by Gasteiger charge is 2.30.